The maximum Gasteiger partial charge on any atom is 0.312 e. The van der Waals surface area contributed by atoms with E-state index < -0.39 is 121 Å². The van der Waals surface area contributed by atoms with Gasteiger partial charge in [0.15, 0.2) is 18.9 Å². The lowest BCUT2D eigenvalue weighted by molar-refractivity contribution is -0.357. The first-order chi connectivity index (χ1) is 29.3. The first-order valence-corrected chi connectivity index (χ1v) is 23.2. The number of carboxylic acid groups (broad SMARTS) is 1. The fourth-order valence-electron chi connectivity index (χ4n) is 14.6. The number of rotatable bonds is 8. The van der Waals surface area contributed by atoms with Crippen molar-refractivity contribution in [2.45, 2.75) is 198 Å². The molecule has 3 aliphatic heterocycles. The molecule has 0 radical (unpaired) electrons. The zero-order chi connectivity index (χ0) is 46.0. The van der Waals surface area contributed by atoms with Gasteiger partial charge in [0, 0.05) is 0 Å². The molecule has 17 heteroatoms. The molecular formula is C46H74O17. The van der Waals surface area contributed by atoms with Gasteiger partial charge in [-0.25, -0.2) is 0 Å². The van der Waals surface area contributed by atoms with Gasteiger partial charge in [0.1, 0.15) is 66.5 Å². The van der Waals surface area contributed by atoms with Crippen molar-refractivity contribution in [1.29, 1.82) is 0 Å². The predicted molar refractivity (Wildman–Crippen MR) is 220 cm³/mol. The maximum absolute atomic E-state index is 13.1. The SMILES string of the molecule is CC1(C)CC[C@]2(C(=O)O)[C@H](O)C[C@]3(C)C(=CC[C@@H]4[C@@]5(C)CC[C@H](O[C@@H]6O[C@H](CO[C@@H]7OC[C@H](O)[C@H](O)[C@H]7O[C@@H]7OC[C@H](O)[C@H](O)[C@H]7O)[C@@H](O)[C@H](O)[C@H]6O)C(C)(C)[C@@H]5CC[C@]43C)[C@@H]2C1. The molecule has 7 fully saturated rings. The third kappa shape index (κ3) is 7.50. The van der Waals surface area contributed by atoms with Crippen LogP contribution in [-0.4, -0.2) is 169 Å². The summed E-state index contributed by atoms with van der Waals surface area (Å²) in [5, 5.41) is 108. The van der Waals surface area contributed by atoms with Gasteiger partial charge >= 0.3 is 5.97 Å². The van der Waals surface area contributed by atoms with Gasteiger partial charge in [-0.15, -0.1) is 0 Å². The Kier molecular flexibility index (Phi) is 12.7. The highest BCUT2D eigenvalue weighted by atomic mass is 16.8. The third-order valence-electron chi connectivity index (χ3n) is 18.6. The first kappa shape index (κ1) is 48.1. The van der Waals surface area contributed by atoms with E-state index >= 15 is 0 Å². The van der Waals surface area contributed by atoms with Crippen LogP contribution in [-0.2, 0) is 33.2 Å². The lowest BCUT2D eigenvalue weighted by Crippen LogP contribution is -2.68. The summed E-state index contributed by atoms with van der Waals surface area (Å²) in [6.07, 6.45) is -12.3. The van der Waals surface area contributed by atoms with Crippen molar-refractivity contribution in [2.24, 2.45) is 50.2 Å². The number of carboxylic acids is 1. The molecule has 0 amide bonds. The summed E-state index contributed by atoms with van der Waals surface area (Å²) in [7, 11) is 0. The minimum Gasteiger partial charge on any atom is -0.481 e. The summed E-state index contributed by atoms with van der Waals surface area (Å²) < 4.78 is 35.4. The van der Waals surface area contributed by atoms with E-state index in [2.05, 4.69) is 54.5 Å². The molecule has 3 saturated heterocycles. The summed E-state index contributed by atoms with van der Waals surface area (Å²) >= 11 is 0. The number of fused-ring (bicyclic) bond motifs is 7. The summed E-state index contributed by atoms with van der Waals surface area (Å²) in [5.74, 6) is -0.701. The Hall–Kier alpha value is -1.39. The quantitative estimate of drug-likeness (QED) is 0.120. The smallest absolute Gasteiger partial charge is 0.312 e. The molecule has 10 N–H and O–H groups in total. The van der Waals surface area contributed by atoms with Crippen molar-refractivity contribution in [3.63, 3.8) is 0 Å². The van der Waals surface area contributed by atoms with Gasteiger partial charge in [-0.3, -0.25) is 4.79 Å². The highest BCUT2D eigenvalue weighted by molar-refractivity contribution is 5.77. The van der Waals surface area contributed by atoms with Crippen molar-refractivity contribution in [3.8, 4) is 0 Å². The number of hydrogen-bond donors (Lipinski definition) is 10. The Bertz CT molecular complexity index is 1730. The Balaban J connectivity index is 0.970. The van der Waals surface area contributed by atoms with Gasteiger partial charge in [-0.05, 0) is 103 Å². The van der Waals surface area contributed by atoms with Crippen LogP contribution in [0.25, 0.3) is 0 Å². The fraction of sp³-hybridized carbons (Fsp3) is 0.935. The summed E-state index contributed by atoms with van der Waals surface area (Å²) in [6, 6.07) is 0. The molecule has 4 saturated carbocycles. The fourth-order valence-corrected chi connectivity index (χ4v) is 14.6. The predicted octanol–water partition coefficient (Wildman–Crippen LogP) is 0.955. The van der Waals surface area contributed by atoms with Crippen LogP contribution in [0.15, 0.2) is 11.6 Å². The van der Waals surface area contributed by atoms with E-state index in [4.69, 9.17) is 28.4 Å². The largest absolute Gasteiger partial charge is 0.481 e. The normalized spacial score (nSPS) is 54.1. The topological polar surface area (TPSA) is 275 Å². The van der Waals surface area contributed by atoms with Gasteiger partial charge < -0.3 is 79.5 Å². The summed E-state index contributed by atoms with van der Waals surface area (Å²) in [5.41, 5.74) is -1.18. The molecule has 63 heavy (non-hydrogen) atoms. The average Bonchev–Trinajstić information content (AvgIpc) is 3.20. The van der Waals surface area contributed by atoms with Crippen LogP contribution in [0.2, 0.25) is 0 Å². The second-order valence-electron chi connectivity index (χ2n) is 22.7. The van der Waals surface area contributed by atoms with E-state index in [9.17, 15) is 55.9 Å². The first-order valence-electron chi connectivity index (χ1n) is 23.2. The Morgan fingerprint density at radius 3 is 2.03 bits per heavy atom. The third-order valence-corrected chi connectivity index (χ3v) is 18.6. The molecule has 3 heterocycles. The van der Waals surface area contributed by atoms with E-state index in [-0.39, 0.29) is 47.2 Å². The van der Waals surface area contributed by atoms with Crippen LogP contribution in [0, 0.1) is 50.2 Å². The molecule has 0 aromatic carbocycles. The van der Waals surface area contributed by atoms with Crippen LogP contribution in [0.4, 0.5) is 0 Å². The van der Waals surface area contributed by atoms with Crippen LogP contribution in [0.3, 0.4) is 0 Å². The molecule has 17 nitrogen and oxygen atoms in total. The zero-order valence-electron chi connectivity index (χ0n) is 37.8. The van der Waals surface area contributed by atoms with Crippen LogP contribution >= 0.6 is 0 Å². The number of aliphatic hydroxyl groups excluding tert-OH is 9. The zero-order valence-corrected chi connectivity index (χ0v) is 37.8. The Morgan fingerprint density at radius 2 is 1.35 bits per heavy atom. The molecule has 5 aliphatic carbocycles. The van der Waals surface area contributed by atoms with E-state index in [1.807, 2.05) is 0 Å². The van der Waals surface area contributed by atoms with Gasteiger partial charge in [-0.1, -0.05) is 60.1 Å². The molecule has 22 atom stereocenters. The molecule has 0 unspecified atom stereocenters. The van der Waals surface area contributed by atoms with Gasteiger partial charge in [0.25, 0.3) is 0 Å². The minimum atomic E-state index is -1.70. The molecule has 0 aromatic heterocycles. The number of carbonyl (C=O) groups is 1. The van der Waals surface area contributed by atoms with E-state index in [1.165, 1.54) is 5.57 Å². The number of hydrogen-bond acceptors (Lipinski definition) is 16. The highest BCUT2D eigenvalue weighted by Gasteiger charge is 2.71. The Labute approximate surface area is 369 Å². The molecule has 8 aliphatic rings. The summed E-state index contributed by atoms with van der Waals surface area (Å²) in [4.78, 5) is 13.1. The monoisotopic (exact) mass is 898 g/mol. The average molecular weight is 899 g/mol. The molecule has 360 valence electrons. The lowest BCUT2D eigenvalue weighted by Gasteiger charge is -2.71. The van der Waals surface area contributed by atoms with Crippen LogP contribution in [0.5, 0.6) is 0 Å². The maximum atomic E-state index is 13.1. The minimum absolute atomic E-state index is 0.0349. The second-order valence-corrected chi connectivity index (χ2v) is 22.7. The van der Waals surface area contributed by atoms with Crippen molar-refractivity contribution < 1.29 is 84.3 Å². The van der Waals surface area contributed by atoms with Crippen molar-refractivity contribution >= 4 is 5.97 Å². The Morgan fingerprint density at radius 1 is 0.698 bits per heavy atom. The van der Waals surface area contributed by atoms with Crippen molar-refractivity contribution in [3.05, 3.63) is 11.6 Å². The van der Waals surface area contributed by atoms with Gasteiger partial charge in [0.2, 0.25) is 0 Å². The number of aliphatic hydroxyl groups is 9. The number of aliphatic carboxylic acids is 1. The standard InChI is InChI=1S/C46H74O17/c1-41(2)14-15-46(40(56)57)22(16-41)21-8-9-27-43(5)12-11-29(42(3,4)26(43)10-13-44(27,6)45(21,7)17-28(46)49)62-38-35(55)33(53)32(52)25(61-38)20-60-39-36(31(51)24(48)19-59-39)63-37-34(54)30(50)23(47)18-58-37/h8,22-39,47-55H,9-20H2,1-7H3,(H,56,57)/t22-,23-,24-,25+,26-,27+,28+,29-,30-,31-,32+,33-,34+,35+,36+,37-,38-,39-,43-,44+,45+,46+/m0/s1. The number of ether oxygens (including phenoxy) is 6. The second kappa shape index (κ2) is 16.7. The van der Waals surface area contributed by atoms with Crippen molar-refractivity contribution in [1.82, 2.24) is 0 Å². The lowest BCUT2D eigenvalue weighted by atomic mass is 9.33. The van der Waals surface area contributed by atoms with E-state index in [1.54, 1.807) is 0 Å². The van der Waals surface area contributed by atoms with E-state index in [0.717, 1.165) is 38.5 Å². The van der Waals surface area contributed by atoms with Gasteiger partial charge in [-0.2, -0.15) is 0 Å². The van der Waals surface area contributed by atoms with Crippen molar-refractivity contribution in [2.75, 3.05) is 19.8 Å². The van der Waals surface area contributed by atoms with E-state index in [0.29, 0.717) is 19.3 Å². The molecule has 8 rings (SSSR count). The molecule has 0 spiro atoms. The number of allylic oxidation sites excluding steroid dienone is 2. The van der Waals surface area contributed by atoms with Gasteiger partial charge in [0.05, 0.1) is 32.0 Å². The summed E-state index contributed by atoms with van der Waals surface area (Å²) in [6.45, 7) is 14.7. The molecule has 0 bridgehead atoms. The van der Waals surface area contributed by atoms with Crippen LogP contribution < -0.4 is 0 Å². The molecular weight excluding hydrogens is 824 g/mol. The highest BCUT2D eigenvalue weighted by Crippen LogP contribution is 2.76. The van der Waals surface area contributed by atoms with Crippen LogP contribution in [0.1, 0.15) is 106 Å². The molecule has 0 aromatic rings.